The highest BCUT2D eigenvalue weighted by Gasteiger charge is 2.05. The molecule has 0 bridgehead atoms. The second-order valence-corrected chi connectivity index (χ2v) is 3.69. The first kappa shape index (κ1) is 13.7. The molecule has 0 aliphatic rings. The van der Waals surface area contributed by atoms with Gasteiger partial charge in [0.2, 0.25) is 11.8 Å². The first-order valence-electron chi connectivity index (χ1n) is 5.32. The maximum atomic E-state index is 11.3. The van der Waals surface area contributed by atoms with E-state index in [9.17, 15) is 14.4 Å². The zero-order chi connectivity index (χ0) is 13.5. The van der Waals surface area contributed by atoms with Gasteiger partial charge in [-0.1, -0.05) is 12.1 Å². The third-order valence-corrected chi connectivity index (χ3v) is 2.16. The lowest BCUT2D eigenvalue weighted by Gasteiger charge is -2.06. The monoisotopic (exact) mass is 250 g/mol. The summed E-state index contributed by atoms with van der Waals surface area (Å²) in [6.45, 7) is 1.46. The van der Waals surface area contributed by atoms with E-state index in [-0.39, 0.29) is 30.5 Å². The SMILES string of the molecule is CC(=O)NCC(=O)NCc1cccc(C(=O)O)c1. The van der Waals surface area contributed by atoms with Crippen molar-refractivity contribution in [1.29, 1.82) is 0 Å². The minimum atomic E-state index is -1.01. The van der Waals surface area contributed by atoms with E-state index in [0.29, 0.717) is 5.56 Å². The molecule has 0 heterocycles. The standard InChI is InChI=1S/C12H14N2O4/c1-8(15)13-7-11(16)14-6-9-3-2-4-10(5-9)12(17)18/h2-5H,6-7H2,1H3,(H,13,15)(H,14,16)(H,17,18). The first-order valence-corrected chi connectivity index (χ1v) is 5.32. The molecular weight excluding hydrogens is 236 g/mol. The van der Waals surface area contributed by atoms with Crippen LogP contribution in [0.2, 0.25) is 0 Å². The van der Waals surface area contributed by atoms with Crippen LogP contribution < -0.4 is 10.6 Å². The summed E-state index contributed by atoms with van der Waals surface area (Å²) in [6, 6.07) is 6.29. The summed E-state index contributed by atoms with van der Waals surface area (Å²) < 4.78 is 0. The number of carbonyl (C=O) groups is 3. The number of nitrogens with one attached hydrogen (secondary N) is 2. The van der Waals surface area contributed by atoms with E-state index in [1.54, 1.807) is 12.1 Å². The van der Waals surface area contributed by atoms with Gasteiger partial charge in [-0.25, -0.2) is 4.79 Å². The lowest BCUT2D eigenvalue weighted by Crippen LogP contribution is -2.35. The largest absolute Gasteiger partial charge is 0.478 e. The summed E-state index contributed by atoms with van der Waals surface area (Å²) >= 11 is 0. The molecule has 1 aromatic carbocycles. The first-order chi connectivity index (χ1) is 8.49. The van der Waals surface area contributed by atoms with Crippen molar-refractivity contribution >= 4 is 17.8 Å². The van der Waals surface area contributed by atoms with Crippen molar-refractivity contribution in [2.75, 3.05) is 6.54 Å². The van der Waals surface area contributed by atoms with E-state index in [1.165, 1.54) is 19.1 Å². The molecule has 0 spiro atoms. The molecule has 18 heavy (non-hydrogen) atoms. The van der Waals surface area contributed by atoms with Gasteiger partial charge in [0.05, 0.1) is 12.1 Å². The molecule has 6 nitrogen and oxygen atoms in total. The Bertz CT molecular complexity index is 471. The van der Waals surface area contributed by atoms with Crippen LogP contribution in [-0.4, -0.2) is 29.4 Å². The van der Waals surface area contributed by atoms with Crippen molar-refractivity contribution in [3.63, 3.8) is 0 Å². The van der Waals surface area contributed by atoms with Gasteiger partial charge in [-0.3, -0.25) is 9.59 Å². The molecule has 1 rings (SSSR count). The molecule has 96 valence electrons. The van der Waals surface area contributed by atoms with Gasteiger partial charge in [-0.15, -0.1) is 0 Å². The Morgan fingerprint density at radius 1 is 1.22 bits per heavy atom. The van der Waals surface area contributed by atoms with E-state index in [4.69, 9.17) is 5.11 Å². The Kier molecular flexibility index (Phi) is 4.86. The Morgan fingerprint density at radius 3 is 2.56 bits per heavy atom. The van der Waals surface area contributed by atoms with E-state index in [2.05, 4.69) is 10.6 Å². The number of aromatic carboxylic acids is 1. The van der Waals surface area contributed by atoms with Crippen LogP contribution in [-0.2, 0) is 16.1 Å². The summed E-state index contributed by atoms with van der Waals surface area (Å²) in [5.74, 6) is -1.62. The maximum absolute atomic E-state index is 11.3. The highest BCUT2D eigenvalue weighted by molar-refractivity contribution is 5.87. The normalized spacial score (nSPS) is 9.61. The quantitative estimate of drug-likeness (QED) is 0.692. The van der Waals surface area contributed by atoms with Gasteiger partial charge < -0.3 is 15.7 Å². The zero-order valence-electron chi connectivity index (χ0n) is 9.90. The molecule has 1 aromatic rings. The number of rotatable bonds is 5. The van der Waals surface area contributed by atoms with Gasteiger partial charge in [-0.05, 0) is 17.7 Å². The van der Waals surface area contributed by atoms with E-state index in [1.807, 2.05) is 0 Å². The van der Waals surface area contributed by atoms with Gasteiger partial charge in [-0.2, -0.15) is 0 Å². The summed E-state index contributed by atoms with van der Waals surface area (Å²) in [5.41, 5.74) is 0.856. The second kappa shape index (κ2) is 6.39. The van der Waals surface area contributed by atoms with Crippen molar-refractivity contribution in [2.24, 2.45) is 0 Å². The number of carboxylic acid groups (broad SMARTS) is 1. The fraction of sp³-hybridized carbons (Fsp3) is 0.250. The van der Waals surface area contributed by atoms with Crippen LogP contribution in [0.1, 0.15) is 22.8 Å². The fourth-order valence-corrected chi connectivity index (χ4v) is 1.28. The Hall–Kier alpha value is -2.37. The molecule has 6 heteroatoms. The lowest BCUT2D eigenvalue weighted by molar-refractivity contribution is -0.125. The lowest BCUT2D eigenvalue weighted by atomic mass is 10.1. The molecule has 0 unspecified atom stereocenters. The summed E-state index contributed by atoms with van der Waals surface area (Å²) in [4.78, 5) is 32.6. The number of amides is 2. The number of carboxylic acids is 1. The summed E-state index contributed by atoms with van der Waals surface area (Å²) in [5, 5.41) is 13.7. The molecule has 0 atom stereocenters. The van der Waals surface area contributed by atoms with Gasteiger partial charge in [0.15, 0.2) is 0 Å². The molecule has 2 amide bonds. The highest BCUT2D eigenvalue weighted by atomic mass is 16.4. The van der Waals surface area contributed by atoms with E-state index >= 15 is 0 Å². The van der Waals surface area contributed by atoms with Crippen LogP contribution in [0.15, 0.2) is 24.3 Å². The third-order valence-electron chi connectivity index (χ3n) is 2.16. The average molecular weight is 250 g/mol. The van der Waals surface area contributed by atoms with Crippen LogP contribution in [0.5, 0.6) is 0 Å². The van der Waals surface area contributed by atoms with E-state index < -0.39 is 5.97 Å². The Labute approximate surface area is 104 Å². The smallest absolute Gasteiger partial charge is 0.335 e. The van der Waals surface area contributed by atoms with Crippen molar-refractivity contribution in [3.8, 4) is 0 Å². The fourth-order valence-electron chi connectivity index (χ4n) is 1.28. The number of hydrogen-bond donors (Lipinski definition) is 3. The van der Waals surface area contributed by atoms with Crippen molar-refractivity contribution in [1.82, 2.24) is 10.6 Å². The predicted octanol–water partition coefficient (Wildman–Crippen LogP) is 0.137. The second-order valence-electron chi connectivity index (χ2n) is 3.69. The van der Waals surface area contributed by atoms with Gasteiger partial charge in [0.1, 0.15) is 0 Å². The van der Waals surface area contributed by atoms with Crippen molar-refractivity contribution < 1.29 is 19.5 Å². The van der Waals surface area contributed by atoms with Gasteiger partial charge in [0, 0.05) is 13.5 Å². The third kappa shape index (κ3) is 4.65. The Balaban J connectivity index is 2.48. The summed E-state index contributed by atoms with van der Waals surface area (Å²) in [6.07, 6.45) is 0. The number of benzene rings is 1. The topological polar surface area (TPSA) is 95.5 Å². The summed E-state index contributed by atoms with van der Waals surface area (Å²) in [7, 11) is 0. The van der Waals surface area contributed by atoms with Crippen LogP contribution in [0, 0.1) is 0 Å². The minimum absolute atomic E-state index is 0.0893. The number of hydrogen-bond acceptors (Lipinski definition) is 3. The van der Waals surface area contributed by atoms with Gasteiger partial charge >= 0.3 is 5.97 Å². The molecule has 0 saturated heterocycles. The molecule has 0 aromatic heterocycles. The molecule has 0 fully saturated rings. The predicted molar refractivity (Wildman–Crippen MR) is 63.9 cm³/mol. The van der Waals surface area contributed by atoms with Crippen LogP contribution >= 0.6 is 0 Å². The molecular formula is C12H14N2O4. The molecule has 3 N–H and O–H groups in total. The van der Waals surface area contributed by atoms with Gasteiger partial charge in [0.25, 0.3) is 0 Å². The molecule has 0 aliphatic heterocycles. The minimum Gasteiger partial charge on any atom is -0.478 e. The van der Waals surface area contributed by atoms with Crippen LogP contribution in [0.4, 0.5) is 0 Å². The molecule has 0 saturated carbocycles. The average Bonchev–Trinajstić information content (AvgIpc) is 2.34. The van der Waals surface area contributed by atoms with Crippen LogP contribution in [0.25, 0.3) is 0 Å². The zero-order valence-corrected chi connectivity index (χ0v) is 9.90. The van der Waals surface area contributed by atoms with Crippen molar-refractivity contribution in [3.05, 3.63) is 35.4 Å². The molecule has 0 aliphatic carbocycles. The van der Waals surface area contributed by atoms with E-state index in [0.717, 1.165) is 0 Å². The van der Waals surface area contributed by atoms with Crippen LogP contribution in [0.3, 0.4) is 0 Å². The highest BCUT2D eigenvalue weighted by Crippen LogP contribution is 2.04. The molecule has 0 radical (unpaired) electrons. The maximum Gasteiger partial charge on any atom is 0.335 e. The van der Waals surface area contributed by atoms with Crippen molar-refractivity contribution in [2.45, 2.75) is 13.5 Å². The number of carbonyl (C=O) groups excluding carboxylic acids is 2. The Morgan fingerprint density at radius 2 is 1.94 bits per heavy atom.